The van der Waals surface area contributed by atoms with E-state index in [-0.39, 0.29) is 12.1 Å². The van der Waals surface area contributed by atoms with Crippen molar-refractivity contribution < 1.29 is 4.79 Å². The summed E-state index contributed by atoms with van der Waals surface area (Å²) in [5.74, 6) is 0.647. The highest BCUT2D eigenvalue weighted by molar-refractivity contribution is 5.93. The fourth-order valence-corrected chi connectivity index (χ4v) is 2.15. The van der Waals surface area contributed by atoms with Crippen LogP contribution >= 0.6 is 0 Å². The Balaban J connectivity index is 1.65. The van der Waals surface area contributed by atoms with E-state index in [0.29, 0.717) is 23.7 Å². The number of hydrogen-bond acceptors (Lipinski definition) is 5. The molecule has 0 saturated carbocycles. The molecule has 0 spiro atoms. The number of hydrogen-bond donors (Lipinski definition) is 2. The lowest BCUT2D eigenvalue weighted by Crippen LogP contribution is -2.38. The van der Waals surface area contributed by atoms with Crippen LogP contribution in [0.4, 0.5) is 10.5 Å². The summed E-state index contributed by atoms with van der Waals surface area (Å²) in [5, 5.41) is 13.8. The molecule has 0 fully saturated rings. The third-order valence-electron chi connectivity index (χ3n) is 3.02. The van der Waals surface area contributed by atoms with Gasteiger partial charge in [0.1, 0.15) is 18.5 Å². The van der Waals surface area contributed by atoms with Gasteiger partial charge in [0.2, 0.25) is 0 Å². The van der Waals surface area contributed by atoms with Crippen molar-refractivity contribution in [3.63, 3.8) is 0 Å². The smallest absolute Gasteiger partial charge is 0.319 e. The van der Waals surface area contributed by atoms with Crippen molar-refractivity contribution in [2.45, 2.75) is 26.4 Å². The van der Waals surface area contributed by atoms with Gasteiger partial charge in [0.15, 0.2) is 5.65 Å². The van der Waals surface area contributed by atoms with Gasteiger partial charge in [-0.1, -0.05) is 0 Å². The van der Waals surface area contributed by atoms with Crippen LogP contribution in [0.15, 0.2) is 31.0 Å². The lowest BCUT2D eigenvalue weighted by molar-refractivity contribution is 0.247. The van der Waals surface area contributed by atoms with Crippen LogP contribution in [0.5, 0.6) is 0 Å². The Morgan fingerprint density at radius 1 is 1.45 bits per heavy atom. The number of carbonyl (C=O) groups excluding carboxylic acids is 1. The molecule has 0 aliphatic heterocycles. The van der Waals surface area contributed by atoms with E-state index < -0.39 is 0 Å². The van der Waals surface area contributed by atoms with E-state index in [0.717, 1.165) is 0 Å². The largest absolute Gasteiger partial charge is 0.334 e. The molecule has 0 radical (unpaired) electrons. The summed E-state index contributed by atoms with van der Waals surface area (Å²) in [4.78, 5) is 20.2. The zero-order valence-electron chi connectivity index (χ0n) is 12.3. The molecule has 2 N–H and O–H groups in total. The van der Waals surface area contributed by atoms with Crippen molar-refractivity contribution in [1.29, 1.82) is 0 Å². The first kappa shape index (κ1) is 14.0. The minimum Gasteiger partial charge on any atom is -0.334 e. The van der Waals surface area contributed by atoms with Crippen LogP contribution in [0.25, 0.3) is 5.65 Å². The van der Waals surface area contributed by atoms with E-state index in [1.807, 2.05) is 6.92 Å². The molecule has 3 rings (SSSR count). The molecule has 9 nitrogen and oxygen atoms in total. The Hall–Kier alpha value is -2.97. The van der Waals surface area contributed by atoms with Gasteiger partial charge in [0.05, 0.1) is 12.2 Å². The maximum absolute atomic E-state index is 12.1. The number of anilines is 1. The van der Waals surface area contributed by atoms with Crippen LogP contribution in [0, 0.1) is 6.92 Å². The summed E-state index contributed by atoms with van der Waals surface area (Å²) in [6.45, 7) is 4.24. The number of urea groups is 1. The number of carbonyl (C=O) groups is 1. The molecule has 0 aromatic carbocycles. The summed E-state index contributed by atoms with van der Waals surface area (Å²) in [6, 6.07) is 3.18. The predicted octanol–water partition coefficient (Wildman–Crippen LogP) is 0.839. The second-order valence-electron chi connectivity index (χ2n) is 4.97. The predicted molar refractivity (Wildman–Crippen MR) is 79.4 cm³/mol. The molecule has 2 amide bonds. The standard InChI is InChI=1S/C13H16N8O/c1-9(6-20-8-14-7-15-20)16-13(22)18-11-4-3-5-21-12(11)17-10(2)19-21/h3-5,7-9H,6H2,1-2H3,(H2,16,18,22)/t9-/m1/s1. The molecule has 0 unspecified atom stereocenters. The van der Waals surface area contributed by atoms with Gasteiger partial charge in [-0.15, -0.1) is 0 Å². The lowest BCUT2D eigenvalue weighted by Gasteiger charge is -2.14. The average molecular weight is 300 g/mol. The van der Waals surface area contributed by atoms with Crippen molar-refractivity contribution >= 4 is 17.4 Å². The first-order chi connectivity index (χ1) is 10.6. The van der Waals surface area contributed by atoms with Crippen molar-refractivity contribution in [1.82, 2.24) is 34.7 Å². The second kappa shape index (κ2) is 5.80. The van der Waals surface area contributed by atoms with Gasteiger partial charge in [-0.3, -0.25) is 4.68 Å². The van der Waals surface area contributed by atoms with Crippen molar-refractivity contribution in [3.05, 3.63) is 36.8 Å². The van der Waals surface area contributed by atoms with E-state index in [2.05, 4.69) is 30.8 Å². The van der Waals surface area contributed by atoms with Gasteiger partial charge in [-0.2, -0.15) is 10.2 Å². The van der Waals surface area contributed by atoms with Gasteiger partial charge < -0.3 is 10.6 Å². The highest BCUT2D eigenvalue weighted by atomic mass is 16.2. The number of amides is 2. The van der Waals surface area contributed by atoms with Crippen LogP contribution < -0.4 is 10.6 Å². The summed E-state index contributed by atoms with van der Waals surface area (Å²) in [6.07, 6.45) is 4.85. The molecule has 114 valence electrons. The Kier molecular flexibility index (Phi) is 3.69. The van der Waals surface area contributed by atoms with Crippen LogP contribution in [0.3, 0.4) is 0 Å². The molecule has 1 atom stereocenters. The first-order valence-electron chi connectivity index (χ1n) is 6.84. The van der Waals surface area contributed by atoms with Crippen molar-refractivity contribution in [3.8, 4) is 0 Å². The topological polar surface area (TPSA) is 102 Å². The molecule has 0 aliphatic carbocycles. The van der Waals surface area contributed by atoms with Gasteiger partial charge in [0, 0.05) is 12.2 Å². The molecular weight excluding hydrogens is 284 g/mol. The maximum atomic E-state index is 12.1. The summed E-state index contributed by atoms with van der Waals surface area (Å²) >= 11 is 0. The number of rotatable bonds is 4. The zero-order valence-corrected chi connectivity index (χ0v) is 12.3. The summed E-state index contributed by atoms with van der Waals surface area (Å²) < 4.78 is 3.29. The third-order valence-corrected chi connectivity index (χ3v) is 3.02. The van der Waals surface area contributed by atoms with Crippen LogP contribution in [0.1, 0.15) is 12.7 Å². The zero-order chi connectivity index (χ0) is 15.5. The van der Waals surface area contributed by atoms with E-state index in [1.54, 1.807) is 40.8 Å². The van der Waals surface area contributed by atoms with Gasteiger partial charge in [-0.05, 0) is 26.0 Å². The summed E-state index contributed by atoms with van der Waals surface area (Å²) in [7, 11) is 0. The second-order valence-corrected chi connectivity index (χ2v) is 4.97. The molecule has 3 aromatic heterocycles. The molecule has 3 aromatic rings. The Morgan fingerprint density at radius 2 is 2.32 bits per heavy atom. The molecule has 0 saturated heterocycles. The number of aryl methyl sites for hydroxylation is 1. The van der Waals surface area contributed by atoms with Crippen LogP contribution in [0.2, 0.25) is 0 Å². The number of fused-ring (bicyclic) bond motifs is 1. The van der Waals surface area contributed by atoms with Crippen molar-refractivity contribution in [2.24, 2.45) is 0 Å². The van der Waals surface area contributed by atoms with Gasteiger partial charge in [-0.25, -0.2) is 19.3 Å². The minimum absolute atomic E-state index is 0.0963. The van der Waals surface area contributed by atoms with E-state index in [9.17, 15) is 4.79 Å². The maximum Gasteiger partial charge on any atom is 0.319 e. The van der Waals surface area contributed by atoms with Gasteiger partial charge in [0.25, 0.3) is 0 Å². The fourth-order valence-electron chi connectivity index (χ4n) is 2.15. The van der Waals surface area contributed by atoms with Gasteiger partial charge >= 0.3 is 6.03 Å². The van der Waals surface area contributed by atoms with Crippen molar-refractivity contribution in [2.75, 3.05) is 5.32 Å². The monoisotopic (exact) mass is 300 g/mol. The number of nitrogens with zero attached hydrogens (tertiary/aromatic N) is 6. The summed E-state index contributed by atoms with van der Waals surface area (Å²) in [5.41, 5.74) is 1.22. The molecular formula is C13H16N8O. The lowest BCUT2D eigenvalue weighted by atomic mass is 10.3. The molecule has 9 heteroatoms. The average Bonchev–Trinajstić information content (AvgIpc) is 3.07. The molecule has 0 bridgehead atoms. The Morgan fingerprint density at radius 3 is 3.09 bits per heavy atom. The quantitative estimate of drug-likeness (QED) is 0.743. The van der Waals surface area contributed by atoms with E-state index >= 15 is 0 Å². The fraction of sp³-hybridized carbons (Fsp3) is 0.308. The van der Waals surface area contributed by atoms with E-state index in [1.165, 1.54) is 6.33 Å². The molecule has 3 heterocycles. The Labute approximate surface area is 126 Å². The highest BCUT2D eigenvalue weighted by Gasteiger charge is 2.11. The molecule has 22 heavy (non-hydrogen) atoms. The first-order valence-corrected chi connectivity index (χ1v) is 6.84. The minimum atomic E-state index is -0.304. The van der Waals surface area contributed by atoms with Crippen LogP contribution in [-0.2, 0) is 6.54 Å². The van der Waals surface area contributed by atoms with Crippen LogP contribution in [-0.4, -0.2) is 41.4 Å². The number of aromatic nitrogens is 6. The number of pyridine rings is 1. The Bertz CT molecular complexity index is 779. The van der Waals surface area contributed by atoms with E-state index in [4.69, 9.17) is 0 Å². The highest BCUT2D eigenvalue weighted by Crippen LogP contribution is 2.14. The normalized spacial score (nSPS) is 12.3. The molecule has 0 aliphatic rings. The third kappa shape index (κ3) is 3.03. The number of nitrogens with one attached hydrogen (secondary N) is 2. The SMILES string of the molecule is Cc1nc2c(NC(=O)N[C@H](C)Cn3cncn3)cccn2n1.